The lowest BCUT2D eigenvalue weighted by atomic mass is 9.96. The van der Waals surface area contributed by atoms with Gasteiger partial charge in [0.05, 0.1) is 22.7 Å². The fourth-order valence-corrected chi connectivity index (χ4v) is 3.79. The third-order valence-corrected chi connectivity index (χ3v) is 5.28. The predicted molar refractivity (Wildman–Crippen MR) is 109 cm³/mol. The smallest absolute Gasteiger partial charge is 0.206 e. The Labute approximate surface area is 172 Å². The van der Waals surface area contributed by atoms with Crippen LogP contribution in [0.2, 0.25) is 10.0 Å². The molecule has 3 aromatic rings. The largest absolute Gasteiger partial charge is 0.480 e. The summed E-state index contributed by atoms with van der Waals surface area (Å²) >= 11 is 12.1. The number of carbonyl (C=O) groups is 1. The van der Waals surface area contributed by atoms with Gasteiger partial charge in [0.15, 0.2) is 6.10 Å². The maximum absolute atomic E-state index is 12.9. The lowest BCUT2D eigenvalue weighted by molar-refractivity contribution is 0.0795. The van der Waals surface area contributed by atoms with Crippen LogP contribution in [-0.2, 0) is 0 Å². The zero-order valence-corrected chi connectivity index (χ0v) is 16.0. The summed E-state index contributed by atoms with van der Waals surface area (Å²) < 4.78 is 5.91. The third kappa shape index (κ3) is 3.25. The fraction of sp³-hybridized carbons (Fsp3) is 0.0909. The third-order valence-electron chi connectivity index (χ3n) is 4.73. The molecule has 1 aliphatic rings. The van der Waals surface area contributed by atoms with E-state index >= 15 is 0 Å². The number of fused-ring (bicyclic) bond motifs is 1. The van der Waals surface area contributed by atoms with Crippen molar-refractivity contribution in [1.29, 1.82) is 5.26 Å². The molecule has 2 atom stereocenters. The van der Waals surface area contributed by atoms with Gasteiger partial charge in [-0.2, -0.15) is 5.26 Å². The van der Waals surface area contributed by atoms with Crippen molar-refractivity contribution in [3.8, 4) is 22.9 Å². The molecule has 0 amide bonds. The summed E-state index contributed by atoms with van der Waals surface area (Å²) in [4.78, 5) is 12.9. The number of hydrogen-bond donors (Lipinski definition) is 1. The van der Waals surface area contributed by atoms with E-state index in [4.69, 9.17) is 38.9 Å². The van der Waals surface area contributed by atoms with Gasteiger partial charge in [-0.15, -0.1) is 0 Å². The van der Waals surface area contributed by atoms with E-state index in [1.165, 1.54) is 6.07 Å². The SMILES string of the molecule is N#Cc1cccc(-c2ccc3c(c2)OC(C(=O)c2ccc(Cl)cc2Cl)C3N)c1. The van der Waals surface area contributed by atoms with Crippen molar-refractivity contribution in [3.05, 3.63) is 87.4 Å². The van der Waals surface area contributed by atoms with Crippen LogP contribution in [0.15, 0.2) is 60.7 Å². The zero-order chi connectivity index (χ0) is 19.8. The molecule has 4 nitrogen and oxygen atoms in total. The quantitative estimate of drug-likeness (QED) is 0.605. The molecule has 0 aliphatic carbocycles. The van der Waals surface area contributed by atoms with Crippen LogP contribution in [0.3, 0.4) is 0 Å². The van der Waals surface area contributed by atoms with E-state index in [0.717, 1.165) is 16.7 Å². The van der Waals surface area contributed by atoms with Crippen LogP contribution in [0.25, 0.3) is 11.1 Å². The molecular formula is C22H14Cl2N2O2. The molecule has 0 aromatic heterocycles. The number of rotatable bonds is 3. The highest BCUT2D eigenvalue weighted by Crippen LogP contribution is 2.40. The maximum atomic E-state index is 12.9. The molecule has 0 saturated carbocycles. The average Bonchev–Trinajstić information content (AvgIpc) is 3.03. The van der Waals surface area contributed by atoms with E-state index in [1.807, 2.05) is 30.3 Å². The van der Waals surface area contributed by atoms with E-state index in [2.05, 4.69) is 6.07 Å². The first kappa shape index (κ1) is 18.5. The predicted octanol–water partition coefficient (Wildman–Crippen LogP) is 5.18. The second-order valence-corrected chi connectivity index (χ2v) is 7.34. The topological polar surface area (TPSA) is 76.1 Å². The highest BCUT2D eigenvalue weighted by molar-refractivity contribution is 6.37. The van der Waals surface area contributed by atoms with E-state index in [-0.39, 0.29) is 10.8 Å². The average molecular weight is 409 g/mol. The van der Waals surface area contributed by atoms with Gasteiger partial charge in [0.1, 0.15) is 5.75 Å². The van der Waals surface area contributed by atoms with Crippen LogP contribution in [0.1, 0.15) is 27.5 Å². The van der Waals surface area contributed by atoms with Crippen molar-refractivity contribution in [2.24, 2.45) is 5.73 Å². The lowest BCUT2D eigenvalue weighted by Crippen LogP contribution is -2.33. The highest BCUT2D eigenvalue weighted by Gasteiger charge is 2.38. The molecular weight excluding hydrogens is 395 g/mol. The zero-order valence-electron chi connectivity index (χ0n) is 14.5. The summed E-state index contributed by atoms with van der Waals surface area (Å²) in [5.41, 5.74) is 9.69. The first-order chi connectivity index (χ1) is 13.5. The molecule has 2 N–H and O–H groups in total. The van der Waals surface area contributed by atoms with Crippen LogP contribution >= 0.6 is 23.2 Å². The van der Waals surface area contributed by atoms with Crippen molar-refractivity contribution < 1.29 is 9.53 Å². The number of halogens is 2. The summed E-state index contributed by atoms with van der Waals surface area (Å²) in [5, 5.41) is 9.81. The van der Waals surface area contributed by atoms with Gasteiger partial charge in [-0.1, -0.05) is 47.5 Å². The molecule has 6 heteroatoms. The Morgan fingerprint density at radius 2 is 1.82 bits per heavy atom. The molecule has 4 rings (SSSR count). The minimum Gasteiger partial charge on any atom is -0.480 e. The maximum Gasteiger partial charge on any atom is 0.206 e. The number of nitriles is 1. The first-order valence-corrected chi connectivity index (χ1v) is 9.29. The number of benzene rings is 3. The second kappa shape index (κ2) is 7.29. The molecule has 28 heavy (non-hydrogen) atoms. The lowest BCUT2D eigenvalue weighted by Gasteiger charge is -2.15. The molecule has 0 saturated heterocycles. The fourth-order valence-electron chi connectivity index (χ4n) is 3.29. The number of ether oxygens (including phenoxy) is 1. The Morgan fingerprint density at radius 3 is 2.57 bits per heavy atom. The van der Waals surface area contributed by atoms with E-state index in [0.29, 0.717) is 21.9 Å². The number of carbonyl (C=O) groups excluding carboxylic acids is 1. The molecule has 3 aromatic carbocycles. The van der Waals surface area contributed by atoms with Crippen molar-refractivity contribution in [3.63, 3.8) is 0 Å². The Hall–Kier alpha value is -2.84. The molecule has 0 spiro atoms. The molecule has 1 aliphatic heterocycles. The first-order valence-electron chi connectivity index (χ1n) is 8.54. The van der Waals surface area contributed by atoms with Crippen molar-refractivity contribution in [1.82, 2.24) is 0 Å². The van der Waals surface area contributed by atoms with Crippen LogP contribution in [0, 0.1) is 11.3 Å². The molecule has 0 fully saturated rings. The van der Waals surface area contributed by atoms with Gasteiger partial charge in [0.2, 0.25) is 5.78 Å². The van der Waals surface area contributed by atoms with E-state index in [1.54, 1.807) is 24.3 Å². The van der Waals surface area contributed by atoms with Crippen LogP contribution in [0.4, 0.5) is 0 Å². The van der Waals surface area contributed by atoms with Crippen LogP contribution in [-0.4, -0.2) is 11.9 Å². The number of nitrogens with zero attached hydrogens (tertiary/aromatic N) is 1. The minimum atomic E-state index is -0.866. The molecule has 0 radical (unpaired) electrons. The summed E-state index contributed by atoms with van der Waals surface area (Å²) in [6, 6.07) is 19.1. The van der Waals surface area contributed by atoms with Crippen molar-refractivity contribution in [2.45, 2.75) is 12.1 Å². The van der Waals surface area contributed by atoms with Gasteiger partial charge < -0.3 is 10.5 Å². The highest BCUT2D eigenvalue weighted by atomic mass is 35.5. The second-order valence-electron chi connectivity index (χ2n) is 6.50. The van der Waals surface area contributed by atoms with Gasteiger partial charge in [-0.3, -0.25) is 4.79 Å². The van der Waals surface area contributed by atoms with E-state index < -0.39 is 12.1 Å². The van der Waals surface area contributed by atoms with Crippen LogP contribution < -0.4 is 10.5 Å². The molecule has 1 heterocycles. The number of hydrogen-bond acceptors (Lipinski definition) is 4. The summed E-state index contributed by atoms with van der Waals surface area (Å²) in [6.45, 7) is 0. The van der Waals surface area contributed by atoms with Crippen LogP contribution in [0.5, 0.6) is 5.75 Å². The molecule has 138 valence electrons. The van der Waals surface area contributed by atoms with Gasteiger partial charge in [0, 0.05) is 16.1 Å². The summed E-state index contributed by atoms with van der Waals surface area (Å²) in [6.07, 6.45) is -0.866. The number of ketones is 1. The van der Waals surface area contributed by atoms with Crippen molar-refractivity contribution >= 4 is 29.0 Å². The number of Topliss-reactive ketones (excluding diaryl/α,β-unsaturated/α-hetero) is 1. The van der Waals surface area contributed by atoms with Gasteiger partial charge >= 0.3 is 0 Å². The molecule has 0 bridgehead atoms. The Bertz CT molecular complexity index is 1140. The Balaban J connectivity index is 1.65. The summed E-state index contributed by atoms with van der Waals surface area (Å²) in [7, 11) is 0. The Morgan fingerprint density at radius 1 is 1.04 bits per heavy atom. The minimum absolute atomic E-state index is 0.262. The Kier molecular flexibility index (Phi) is 4.82. The molecule has 2 unspecified atom stereocenters. The van der Waals surface area contributed by atoms with Gasteiger partial charge in [-0.05, 0) is 47.5 Å². The van der Waals surface area contributed by atoms with Gasteiger partial charge in [0.25, 0.3) is 0 Å². The number of nitrogens with two attached hydrogens (primary N) is 1. The van der Waals surface area contributed by atoms with Gasteiger partial charge in [-0.25, -0.2) is 0 Å². The van der Waals surface area contributed by atoms with Crippen molar-refractivity contribution in [2.75, 3.05) is 0 Å². The standard InChI is InChI=1S/C22H14Cl2N2O2/c23-15-5-7-16(18(24)10-15)21(27)22-20(26)17-6-4-14(9-19(17)28-22)13-3-1-2-12(8-13)11-25/h1-10,20,22H,26H2. The van der Waals surface area contributed by atoms with E-state index in [9.17, 15) is 4.79 Å². The summed E-state index contributed by atoms with van der Waals surface area (Å²) in [5.74, 6) is 0.259. The monoisotopic (exact) mass is 408 g/mol. The normalized spacial score (nSPS) is 17.5.